The summed E-state index contributed by atoms with van der Waals surface area (Å²) in [6.45, 7) is 0.337. The molecule has 4 atom stereocenters. The van der Waals surface area contributed by atoms with Crippen LogP contribution in [0.25, 0.3) is 0 Å². The first kappa shape index (κ1) is 23.2. The van der Waals surface area contributed by atoms with Crippen molar-refractivity contribution in [1.29, 1.82) is 0 Å². The number of amides is 3. The fourth-order valence-electron chi connectivity index (χ4n) is 5.39. The summed E-state index contributed by atoms with van der Waals surface area (Å²) in [5.74, 6) is 0.523. The molecule has 4 unspecified atom stereocenters. The highest BCUT2D eigenvalue weighted by Crippen LogP contribution is 2.48. The smallest absolute Gasteiger partial charge is 0.411 e. The lowest BCUT2D eigenvalue weighted by atomic mass is 9.81. The molecule has 3 aromatic carbocycles. The molecular formula is C29H26N2O6. The molecule has 0 saturated carbocycles. The van der Waals surface area contributed by atoms with Crippen molar-refractivity contribution in [3.05, 3.63) is 90.0 Å². The molecule has 188 valence electrons. The molecule has 0 aliphatic carbocycles. The Morgan fingerprint density at radius 2 is 1.41 bits per heavy atom. The first-order valence-electron chi connectivity index (χ1n) is 12.4. The summed E-state index contributed by atoms with van der Waals surface area (Å²) < 4.78 is 16.9. The number of benzene rings is 3. The van der Waals surface area contributed by atoms with Gasteiger partial charge in [0.1, 0.15) is 18.1 Å². The summed E-state index contributed by atoms with van der Waals surface area (Å²) in [4.78, 5) is 39.3. The monoisotopic (exact) mass is 498 g/mol. The zero-order valence-electron chi connectivity index (χ0n) is 20.0. The quantitative estimate of drug-likeness (QED) is 0.466. The number of rotatable bonds is 7. The van der Waals surface area contributed by atoms with E-state index >= 15 is 0 Å². The molecule has 6 rings (SSSR count). The number of ether oxygens (including phenoxy) is 3. The second kappa shape index (κ2) is 9.71. The van der Waals surface area contributed by atoms with Crippen molar-refractivity contribution in [2.45, 2.75) is 38.2 Å². The maximum Gasteiger partial charge on any atom is 0.411 e. The van der Waals surface area contributed by atoms with Crippen LogP contribution in [0.3, 0.4) is 0 Å². The van der Waals surface area contributed by atoms with Crippen molar-refractivity contribution < 1.29 is 28.6 Å². The van der Waals surface area contributed by atoms with Crippen LogP contribution in [-0.4, -0.2) is 35.0 Å². The zero-order valence-corrected chi connectivity index (χ0v) is 20.0. The number of imide groups is 1. The van der Waals surface area contributed by atoms with Gasteiger partial charge in [0, 0.05) is 5.69 Å². The fraction of sp³-hybridized carbons (Fsp3) is 0.276. The number of para-hydroxylation sites is 1. The predicted molar refractivity (Wildman–Crippen MR) is 134 cm³/mol. The fourth-order valence-corrected chi connectivity index (χ4v) is 5.39. The largest absolute Gasteiger partial charge is 0.457 e. The lowest BCUT2D eigenvalue weighted by molar-refractivity contribution is -0.143. The molecule has 0 aromatic heterocycles. The van der Waals surface area contributed by atoms with E-state index in [2.05, 4.69) is 5.32 Å². The molecule has 8 heteroatoms. The summed E-state index contributed by atoms with van der Waals surface area (Å²) in [6.07, 6.45) is 0.923. The number of anilines is 1. The first-order valence-corrected chi connectivity index (χ1v) is 12.4. The van der Waals surface area contributed by atoms with Gasteiger partial charge in [0.25, 0.3) is 0 Å². The minimum Gasteiger partial charge on any atom is -0.457 e. The van der Waals surface area contributed by atoms with Crippen molar-refractivity contribution in [3.63, 3.8) is 0 Å². The van der Waals surface area contributed by atoms with Crippen LogP contribution in [0, 0.1) is 11.8 Å². The molecule has 1 N–H and O–H groups in total. The average molecular weight is 499 g/mol. The number of hydrogen-bond donors (Lipinski definition) is 1. The number of likely N-dealkylation sites (tertiary alicyclic amines) is 1. The molecule has 3 aliphatic rings. The second-order valence-electron chi connectivity index (χ2n) is 9.56. The van der Waals surface area contributed by atoms with Crippen LogP contribution in [0.1, 0.15) is 24.0 Å². The highest BCUT2D eigenvalue weighted by molar-refractivity contribution is 6.06. The lowest BCUT2D eigenvalue weighted by Gasteiger charge is -2.17. The highest BCUT2D eigenvalue weighted by atomic mass is 16.5. The Morgan fingerprint density at radius 3 is 2.05 bits per heavy atom. The molecule has 3 aromatic rings. The summed E-state index contributed by atoms with van der Waals surface area (Å²) in [5, 5.41) is 2.70. The topological polar surface area (TPSA) is 94.2 Å². The molecule has 3 heterocycles. The Labute approximate surface area is 214 Å². The van der Waals surface area contributed by atoms with Gasteiger partial charge in [-0.1, -0.05) is 42.5 Å². The second-order valence-corrected chi connectivity index (χ2v) is 9.56. The number of nitrogens with one attached hydrogen (secondary N) is 1. The van der Waals surface area contributed by atoms with Crippen molar-refractivity contribution >= 4 is 23.6 Å². The zero-order chi connectivity index (χ0) is 25.4. The van der Waals surface area contributed by atoms with E-state index in [1.807, 2.05) is 54.6 Å². The van der Waals surface area contributed by atoms with Gasteiger partial charge in [-0.25, -0.2) is 4.79 Å². The van der Waals surface area contributed by atoms with Crippen LogP contribution < -0.4 is 10.1 Å². The summed E-state index contributed by atoms with van der Waals surface area (Å²) in [6, 6.07) is 23.8. The molecule has 3 fully saturated rings. The van der Waals surface area contributed by atoms with Crippen molar-refractivity contribution in [1.82, 2.24) is 4.90 Å². The molecule has 3 aliphatic heterocycles. The highest BCUT2D eigenvalue weighted by Gasteiger charge is 2.62. The van der Waals surface area contributed by atoms with Crippen LogP contribution in [-0.2, 0) is 32.2 Å². The minimum absolute atomic E-state index is 0.0910. The molecule has 0 radical (unpaired) electrons. The Balaban J connectivity index is 0.984. The molecule has 37 heavy (non-hydrogen) atoms. The third-order valence-corrected chi connectivity index (χ3v) is 7.19. The molecule has 3 saturated heterocycles. The number of carbonyl (C=O) groups is 3. The van der Waals surface area contributed by atoms with Gasteiger partial charge in [-0.15, -0.1) is 0 Å². The Morgan fingerprint density at radius 1 is 0.811 bits per heavy atom. The van der Waals surface area contributed by atoms with Gasteiger partial charge in [-0.2, -0.15) is 0 Å². The summed E-state index contributed by atoms with van der Waals surface area (Å²) in [5.41, 5.74) is 2.23. The Bertz CT molecular complexity index is 1280. The van der Waals surface area contributed by atoms with E-state index in [1.54, 1.807) is 24.3 Å². The Kier molecular flexibility index (Phi) is 6.10. The normalized spacial score (nSPS) is 23.7. The van der Waals surface area contributed by atoms with Crippen molar-refractivity contribution in [2.24, 2.45) is 11.8 Å². The van der Waals surface area contributed by atoms with Crippen LogP contribution >= 0.6 is 0 Å². The van der Waals surface area contributed by atoms with Gasteiger partial charge >= 0.3 is 6.09 Å². The molecule has 8 nitrogen and oxygen atoms in total. The van der Waals surface area contributed by atoms with E-state index in [4.69, 9.17) is 14.2 Å². The minimum atomic E-state index is -0.572. The van der Waals surface area contributed by atoms with E-state index < -0.39 is 6.09 Å². The van der Waals surface area contributed by atoms with Gasteiger partial charge in [-0.3, -0.25) is 19.8 Å². The third kappa shape index (κ3) is 4.68. The van der Waals surface area contributed by atoms with Crippen LogP contribution in [0.2, 0.25) is 0 Å². The number of fused-ring (bicyclic) bond motifs is 5. The average Bonchev–Trinajstić information content (AvgIpc) is 3.60. The lowest BCUT2D eigenvalue weighted by Crippen LogP contribution is -2.33. The van der Waals surface area contributed by atoms with E-state index in [0.29, 0.717) is 11.4 Å². The van der Waals surface area contributed by atoms with E-state index in [-0.39, 0.29) is 49.0 Å². The molecule has 3 amide bonds. The van der Waals surface area contributed by atoms with Crippen molar-refractivity contribution in [2.75, 3.05) is 5.32 Å². The maximum absolute atomic E-state index is 12.8. The van der Waals surface area contributed by atoms with Gasteiger partial charge in [0.2, 0.25) is 11.8 Å². The number of carbonyl (C=O) groups excluding carboxylic acids is 3. The standard InChI is InChI=1S/C29H26N2O6/c32-27-25-23-14-15-24(37-23)26(25)28(33)31(27)16-18-6-8-19(9-7-18)17-35-29(34)30-20-10-12-22(13-11-20)36-21-4-2-1-3-5-21/h1-13,23-26H,14-17H2,(H,30,34). The van der Waals surface area contributed by atoms with Gasteiger partial charge < -0.3 is 14.2 Å². The molecule has 0 spiro atoms. The number of hydrogen-bond acceptors (Lipinski definition) is 6. The van der Waals surface area contributed by atoms with E-state index in [9.17, 15) is 14.4 Å². The maximum atomic E-state index is 12.8. The third-order valence-electron chi connectivity index (χ3n) is 7.19. The number of nitrogens with zero attached hydrogens (tertiary/aromatic N) is 1. The van der Waals surface area contributed by atoms with Gasteiger partial charge in [0.15, 0.2) is 0 Å². The summed E-state index contributed by atoms with van der Waals surface area (Å²) >= 11 is 0. The van der Waals surface area contributed by atoms with E-state index in [0.717, 1.165) is 29.7 Å². The van der Waals surface area contributed by atoms with Crippen LogP contribution in [0.15, 0.2) is 78.9 Å². The first-order chi connectivity index (χ1) is 18.0. The van der Waals surface area contributed by atoms with Crippen LogP contribution in [0.5, 0.6) is 11.5 Å². The van der Waals surface area contributed by atoms with Crippen LogP contribution in [0.4, 0.5) is 10.5 Å². The predicted octanol–water partition coefficient (Wildman–Crippen LogP) is 4.89. The Hall–Kier alpha value is -4.17. The molecular weight excluding hydrogens is 472 g/mol. The van der Waals surface area contributed by atoms with Crippen molar-refractivity contribution in [3.8, 4) is 11.5 Å². The molecule has 2 bridgehead atoms. The van der Waals surface area contributed by atoms with Gasteiger partial charge in [0.05, 0.1) is 30.6 Å². The van der Waals surface area contributed by atoms with Gasteiger partial charge in [-0.05, 0) is 60.4 Å². The summed E-state index contributed by atoms with van der Waals surface area (Å²) in [7, 11) is 0. The SMILES string of the molecule is O=C(Nc1ccc(Oc2ccccc2)cc1)OCc1ccc(CN2C(=O)C3C4CCC(O4)C3C2=O)cc1. The van der Waals surface area contributed by atoms with E-state index in [1.165, 1.54) is 4.90 Å².